The summed E-state index contributed by atoms with van der Waals surface area (Å²) in [6, 6.07) is 6.30. The minimum atomic E-state index is 0.981. The van der Waals surface area contributed by atoms with Gasteiger partial charge in [0.1, 0.15) is 0 Å². The molecule has 1 N–H and O–H groups in total. The fraction of sp³-hybridized carbons (Fsp3) is 0.462. The molecule has 0 saturated heterocycles. The van der Waals surface area contributed by atoms with Crippen LogP contribution in [0.5, 0.6) is 0 Å². The van der Waals surface area contributed by atoms with Gasteiger partial charge in [-0.1, -0.05) is 32.0 Å². The van der Waals surface area contributed by atoms with Crippen LogP contribution in [-0.2, 0) is 20.0 Å². The summed E-state index contributed by atoms with van der Waals surface area (Å²) < 4.78 is 0. The van der Waals surface area contributed by atoms with Gasteiger partial charge in [0.2, 0.25) is 0 Å². The maximum atomic E-state index is 4.58. The number of para-hydroxylation sites is 1. The van der Waals surface area contributed by atoms with Crippen molar-refractivity contribution in [3.63, 3.8) is 0 Å². The number of halogens is 1. The first-order valence-corrected chi connectivity index (χ1v) is 8.31. The van der Waals surface area contributed by atoms with Gasteiger partial charge >= 0.3 is 29.2 Å². The van der Waals surface area contributed by atoms with Gasteiger partial charge in [-0.15, -0.1) is 0 Å². The molecule has 1 rings (SSSR count). The number of rotatable bonds is 5. The maximum absolute atomic E-state index is 4.58. The summed E-state index contributed by atoms with van der Waals surface area (Å²) in [5.41, 5.74) is 3.69. The van der Waals surface area contributed by atoms with Crippen LogP contribution in [0.3, 0.4) is 0 Å². The molecule has 100 valence electrons. The van der Waals surface area contributed by atoms with Crippen molar-refractivity contribution in [1.82, 2.24) is 4.90 Å². The van der Waals surface area contributed by atoms with E-state index < -0.39 is 0 Å². The number of anilines is 1. The van der Waals surface area contributed by atoms with Gasteiger partial charge in [0, 0.05) is 5.69 Å². The van der Waals surface area contributed by atoms with Crippen molar-refractivity contribution >= 4 is 14.9 Å². The minimum absolute atomic E-state index is 0.981. The van der Waals surface area contributed by atoms with Crippen molar-refractivity contribution in [3.05, 3.63) is 36.0 Å². The molecular formula is C13H20AuClN2. The molecule has 0 aliphatic rings. The van der Waals surface area contributed by atoms with Gasteiger partial charge in [-0.3, -0.25) is 4.90 Å². The van der Waals surface area contributed by atoms with E-state index in [-0.39, 0.29) is 0 Å². The number of aryl methyl sites for hydroxylation is 2. The van der Waals surface area contributed by atoms with Gasteiger partial charge in [-0.05, 0) is 38.1 Å². The first kappa shape index (κ1) is 17.0. The number of nitrogens with one attached hydrogen (secondary N) is 1. The van der Waals surface area contributed by atoms with Crippen LogP contribution in [0, 0.1) is 20.5 Å². The zero-order valence-electron chi connectivity index (χ0n) is 10.8. The molecule has 2 radical (unpaired) electrons. The molecule has 0 heterocycles. The Labute approximate surface area is 121 Å². The van der Waals surface area contributed by atoms with Gasteiger partial charge in [-0.2, -0.15) is 0 Å². The molecule has 0 aliphatic carbocycles. The second kappa shape index (κ2) is 9.98. The Balaban J connectivity index is 0.00000121. The average Bonchev–Trinajstić information content (AvgIpc) is 2.36. The Morgan fingerprint density at radius 3 is 2.06 bits per heavy atom. The Morgan fingerprint density at radius 1 is 1.18 bits per heavy atom. The Kier molecular flexibility index (Phi) is 9.99. The third kappa shape index (κ3) is 5.94. The third-order valence-electron chi connectivity index (χ3n) is 2.58. The van der Waals surface area contributed by atoms with Crippen molar-refractivity contribution < 1.29 is 20.0 Å². The third-order valence-corrected chi connectivity index (χ3v) is 2.58. The summed E-state index contributed by atoms with van der Waals surface area (Å²) in [7, 11) is 4.58. The summed E-state index contributed by atoms with van der Waals surface area (Å²) in [5.74, 6) is 0. The second-order valence-electron chi connectivity index (χ2n) is 3.68. The van der Waals surface area contributed by atoms with Gasteiger partial charge in [-0.25, -0.2) is 0 Å². The summed E-state index contributed by atoms with van der Waals surface area (Å²) in [6.45, 7) is 13.6. The van der Waals surface area contributed by atoms with E-state index in [1.54, 1.807) is 20.0 Å². The van der Waals surface area contributed by atoms with Crippen molar-refractivity contribution in [3.8, 4) is 0 Å². The van der Waals surface area contributed by atoms with E-state index in [1.165, 1.54) is 16.8 Å². The molecule has 1 aromatic rings. The van der Waals surface area contributed by atoms with E-state index in [1.807, 2.05) is 0 Å². The van der Waals surface area contributed by atoms with Crippen LogP contribution in [-0.4, -0.2) is 18.0 Å². The molecule has 4 heteroatoms. The standard InChI is InChI=1S/C13H20N2.Au.ClH/c1-5-15(6-2)10-14-13-11(3)8-7-9-12(13)4;;/h7-9,14H,5-6H2,1-4H3;;1H/q;+1;/p-1. The van der Waals surface area contributed by atoms with Crippen LogP contribution in [0.1, 0.15) is 25.0 Å². The predicted molar refractivity (Wildman–Crippen MR) is 71.6 cm³/mol. The van der Waals surface area contributed by atoms with Crippen LogP contribution in [0.4, 0.5) is 5.69 Å². The number of hydrogen-bond acceptors (Lipinski definition) is 2. The fourth-order valence-corrected chi connectivity index (χ4v) is 1.53. The Bertz CT molecular complexity index is 294. The van der Waals surface area contributed by atoms with Crippen LogP contribution in [0.25, 0.3) is 0 Å². The van der Waals surface area contributed by atoms with E-state index in [2.05, 4.69) is 72.0 Å². The predicted octanol–water partition coefficient (Wildman–Crippen LogP) is 3.74. The van der Waals surface area contributed by atoms with Crippen LogP contribution >= 0.6 is 9.19 Å². The van der Waals surface area contributed by atoms with E-state index in [4.69, 9.17) is 0 Å². The molecule has 0 bridgehead atoms. The molecule has 0 aromatic heterocycles. The van der Waals surface area contributed by atoms with E-state index >= 15 is 0 Å². The van der Waals surface area contributed by atoms with Crippen LogP contribution in [0.15, 0.2) is 18.2 Å². The van der Waals surface area contributed by atoms with Crippen molar-refractivity contribution in [2.24, 2.45) is 0 Å². The van der Waals surface area contributed by atoms with Crippen LogP contribution in [0.2, 0.25) is 0 Å². The molecule has 0 fully saturated rings. The normalized spacial score (nSPS) is 9.88. The topological polar surface area (TPSA) is 15.3 Å². The van der Waals surface area contributed by atoms with Gasteiger partial charge in [0.05, 0.1) is 0 Å². The molecule has 0 spiro atoms. The van der Waals surface area contributed by atoms with Crippen molar-refractivity contribution in [1.29, 1.82) is 0 Å². The van der Waals surface area contributed by atoms with Crippen LogP contribution < -0.4 is 5.32 Å². The Hall–Kier alpha value is 0.0103. The zero-order chi connectivity index (χ0) is 13.3. The monoisotopic (exact) mass is 436 g/mol. The molecule has 2 nitrogen and oxygen atoms in total. The molecule has 0 aliphatic heterocycles. The van der Waals surface area contributed by atoms with E-state index in [0.29, 0.717) is 0 Å². The Morgan fingerprint density at radius 2 is 1.65 bits per heavy atom. The molecular weight excluding hydrogens is 417 g/mol. The SMILES string of the molecule is CCN([C]Nc1c(C)cccc1C)CC.[Cl][Au]. The zero-order valence-corrected chi connectivity index (χ0v) is 13.7. The van der Waals surface area contributed by atoms with Crippen molar-refractivity contribution in [2.45, 2.75) is 27.7 Å². The average molecular weight is 437 g/mol. The fourth-order valence-electron chi connectivity index (χ4n) is 1.53. The van der Waals surface area contributed by atoms with Gasteiger partial charge < -0.3 is 5.32 Å². The first-order chi connectivity index (χ1) is 8.19. The molecule has 0 amide bonds. The second-order valence-corrected chi connectivity index (χ2v) is 3.68. The summed E-state index contributed by atoms with van der Waals surface area (Å²) >= 11 is 1.75. The molecule has 0 atom stereocenters. The van der Waals surface area contributed by atoms with Gasteiger partial charge in [0.25, 0.3) is 0 Å². The first-order valence-electron chi connectivity index (χ1n) is 5.63. The number of hydrogen-bond donors (Lipinski definition) is 1. The molecule has 1 aromatic carbocycles. The molecule has 0 unspecified atom stereocenters. The summed E-state index contributed by atoms with van der Waals surface area (Å²) in [6.07, 6.45) is 0. The molecule has 0 saturated carbocycles. The van der Waals surface area contributed by atoms with Gasteiger partial charge in [0.15, 0.2) is 6.67 Å². The van der Waals surface area contributed by atoms with E-state index in [0.717, 1.165) is 13.1 Å². The summed E-state index contributed by atoms with van der Waals surface area (Å²) in [4.78, 5) is 2.12. The van der Waals surface area contributed by atoms with Crippen molar-refractivity contribution in [2.75, 3.05) is 18.4 Å². The number of nitrogens with zero attached hydrogens (tertiary/aromatic N) is 1. The molecule has 17 heavy (non-hydrogen) atoms. The quantitative estimate of drug-likeness (QED) is 0.559. The van der Waals surface area contributed by atoms with E-state index in [9.17, 15) is 0 Å². The summed E-state index contributed by atoms with van der Waals surface area (Å²) in [5, 5.41) is 3.26. The number of benzene rings is 1.